The van der Waals surface area contributed by atoms with Crippen molar-refractivity contribution >= 4 is 17.4 Å². The van der Waals surface area contributed by atoms with E-state index in [1.165, 1.54) is 16.7 Å². The fourth-order valence-corrected chi connectivity index (χ4v) is 4.84. The van der Waals surface area contributed by atoms with E-state index in [9.17, 15) is 4.79 Å². The van der Waals surface area contributed by atoms with E-state index < -0.39 is 0 Å². The highest BCUT2D eigenvalue weighted by molar-refractivity contribution is 5.80. The summed E-state index contributed by atoms with van der Waals surface area (Å²) in [5.41, 5.74) is 3.76. The fraction of sp³-hybridized carbons (Fsp3) is 0.552. The predicted octanol–water partition coefficient (Wildman–Crippen LogP) is 5.43. The molecule has 0 spiro atoms. The topological polar surface area (TPSA) is 67.3 Å². The van der Waals surface area contributed by atoms with Gasteiger partial charge in [0.05, 0.1) is 6.61 Å². The van der Waals surface area contributed by atoms with E-state index in [0.717, 1.165) is 89.3 Å². The first-order valence-corrected chi connectivity index (χ1v) is 13.4. The van der Waals surface area contributed by atoms with Crippen LogP contribution in [0.15, 0.2) is 42.7 Å². The Labute approximate surface area is 210 Å². The molecule has 1 saturated heterocycles. The van der Waals surface area contributed by atoms with Crippen LogP contribution < -0.4 is 15.0 Å². The zero-order valence-electron chi connectivity index (χ0n) is 21.3. The summed E-state index contributed by atoms with van der Waals surface area (Å²) in [7, 11) is 0. The van der Waals surface area contributed by atoms with Gasteiger partial charge in [-0.25, -0.2) is 9.97 Å². The van der Waals surface area contributed by atoms with Crippen LogP contribution in [0.25, 0.3) is 5.57 Å². The third kappa shape index (κ3) is 7.06. The third-order valence-electron chi connectivity index (χ3n) is 7.32. The molecule has 2 aromatic rings. The number of allylic oxidation sites excluding steroid dienone is 2. The lowest BCUT2D eigenvalue weighted by atomic mass is 9.86. The van der Waals surface area contributed by atoms with Crippen LogP contribution in [0.3, 0.4) is 0 Å². The number of nitrogens with zero attached hydrogens (tertiary/aromatic N) is 3. The molecule has 1 unspecified atom stereocenters. The van der Waals surface area contributed by atoms with E-state index in [1.807, 2.05) is 12.4 Å². The SMILES string of the molecule is CCCCNC(=O)C1CC=C(c2ccc(OCC3CCN(c4ncc(CC)cn4)CC3)cc2)CC1. The second-order valence-corrected chi connectivity index (χ2v) is 9.86. The molecule has 2 heterocycles. The number of unbranched alkanes of at least 4 members (excludes halogenated alkanes) is 1. The number of anilines is 1. The molecule has 4 rings (SSSR count). The second-order valence-electron chi connectivity index (χ2n) is 9.86. The third-order valence-corrected chi connectivity index (χ3v) is 7.32. The van der Waals surface area contributed by atoms with Gasteiger partial charge in [0.15, 0.2) is 0 Å². The van der Waals surface area contributed by atoms with Gasteiger partial charge >= 0.3 is 0 Å². The van der Waals surface area contributed by atoms with Crippen LogP contribution in [0.4, 0.5) is 5.95 Å². The lowest BCUT2D eigenvalue weighted by molar-refractivity contribution is -0.125. The van der Waals surface area contributed by atoms with Crippen molar-refractivity contribution in [1.82, 2.24) is 15.3 Å². The van der Waals surface area contributed by atoms with E-state index in [-0.39, 0.29) is 11.8 Å². The summed E-state index contributed by atoms with van der Waals surface area (Å²) in [6.45, 7) is 7.76. The van der Waals surface area contributed by atoms with Crippen molar-refractivity contribution < 1.29 is 9.53 Å². The number of nitrogens with one attached hydrogen (secondary N) is 1. The Bertz CT molecular complexity index is 963. The van der Waals surface area contributed by atoms with Gasteiger partial charge in [-0.2, -0.15) is 0 Å². The van der Waals surface area contributed by atoms with Gasteiger partial charge in [0.25, 0.3) is 0 Å². The van der Waals surface area contributed by atoms with E-state index in [0.29, 0.717) is 5.92 Å². The summed E-state index contributed by atoms with van der Waals surface area (Å²) < 4.78 is 6.13. The van der Waals surface area contributed by atoms with Crippen LogP contribution in [0.1, 0.15) is 69.9 Å². The van der Waals surface area contributed by atoms with Crippen LogP contribution in [0.5, 0.6) is 5.75 Å². The number of carbonyl (C=O) groups excluding carboxylic acids is 1. The largest absolute Gasteiger partial charge is 0.493 e. The molecule has 1 aliphatic carbocycles. The standard InChI is InChI=1S/C29H40N4O2/c1-3-5-16-30-28(34)26-8-6-24(7-9-26)25-10-12-27(13-11-25)35-21-23-14-17-33(18-15-23)29-31-19-22(4-2)20-32-29/h6,10-13,19-20,23,26H,3-5,7-9,14-18,21H2,1-2H3,(H,30,34). The Morgan fingerprint density at radius 3 is 2.46 bits per heavy atom. The molecule has 6 nitrogen and oxygen atoms in total. The lowest BCUT2D eigenvalue weighted by Gasteiger charge is -2.31. The van der Waals surface area contributed by atoms with E-state index in [4.69, 9.17) is 4.74 Å². The Balaban J connectivity index is 1.20. The first-order chi connectivity index (χ1) is 17.2. The van der Waals surface area contributed by atoms with Gasteiger partial charge in [-0.1, -0.05) is 38.5 Å². The average molecular weight is 477 g/mol. The maximum Gasteiger partial charge on any atom is 0.225 e. The van der Waals surface area contributed by atoms with Crippen LogP contribution in [0, 0.1) is 11.8 Å². The number of hydrogen-bond acceptors (Lipinski definition) is 5. The van der Waals surface area contributed by atoms with Gasteiger partial charge in [0.1, 0.15) is 5.75 Å². The second kappa shape index (κ2) is 12.7. The summed E-state index contributed by atoms with van der Waals surface area (Å²) in [5, 5.41) is 3.08. The number of benzene rings is 1. The molecule has 1 N–H and O–H groups in total. The number of rotatable bonds is 10. The predicted molar refractivity (Wildman–Crippen MR) is 142 cm³/mol. The molecule has 1 aromatic carbocycles. The minimum Gasteiger partial charge on any atom is -0.493 e. The highest BCUT2D eigenvalue weighted by atomic mass is 16.5. The minimum absolute atomic E-state index is 0.117. The normalized spacial score (nSPS) is 18.7. The molecule has 1 aromatic heterocycles. The fourth-order valence-electron chi connectivity index (χ4n) is 4.84. The monoisotopic (exact) mass is 476 g/mol. The van der Waals surface area contributed by atoms with Gasteiger partial charge in [0, 0.05) is 37.9 Å². The summed E-state index contributed by atoms with van der Waals surface area (Å²) >= 11 is 0. The van der Waals surface area contributed by atoms with Gasteiger partial charge in [-0.3, -0.25) is 4.79 Å². The van der Waals surface area contributed by atoms with E-state index >= 15 is 0 Å². The maximum absolute atomic E-state index is 12.3. The smallest absolute Gasteiger partial charge is 0.225 e. The first-order valence-electron chi connectivity index (χ1n) is 13.4. The number of carbonyl (C=O) groups is 1. The van der Waals surface area contributed by atoms with Crippen molar-refractivity contribution in [3.63, 3.8) is 0 Å². The van der Waals surface area contributed by atoms with Crippen molar-refractivity contribution in [2.45, 2.75) is 65.2 Å². The zero-order chi connectivity index (χ0) is 24.5. The van der Waals surface area contributed by atoms with Gasteiger partial charge in [-0.15, -0.1) is 0 Å². The first kappa shape index (κ1) is 25.2. The molecule has 188 valence electrons. The number of hydrogen-bond donors (Lipinski definition) is 1. The molecule has 1 atom stereocenters. The van der Waals surface area contributed by atoms with Crippen molar-refractivity contribution in [3.8, 4) is 5.75 Å². The van der Waals surface area contributed by atoms with Gasteiger partial charge < -0.3 is 15.0 Å². The van der Waals surface area contributed by atoms with Gasteiger partial charge in [-0.05, 0) is 79.7 Å². The number of amides is 1. The summed E-state index contributed by atoms with van der Waals surface area (Å²) in [6.07, 6.45) is 14.2. The minimum atomic E-state index is 0.117. The molecule has 0 radical (unpaired) electrons. The zero-order valence-corrected chi connectivity index (χ0v) is 21.3. The molecule has 35 heavy (non-hydrogen) atoms. The molecule has 6 heteroatoms. The number of piperidine rings is 1. The molecular formula is C29H40N4O2. The Morgan fingerprint density at radius 2 is 1.83 bits per heavy atom. The van der Waals surface area contributed by atoms with Crippen molar-refractivity contribution in [2.75, 3.05) is 31.1 Å². The summed E-state index contributed by atoms with van der Waals surface area (Å²) in [4.78, 5) is 23.6. The number of ether oxygens (including phenoxy) is 1. The van der Waals surface area contributed by atoms with Crippen LogP contribution in [-0.4, -0.2) is 42.1 Å². The summed E-state index contributed by atoms with van der Waals surface area (Å²) in [6, 6.07) is 8.47. The van der Waals surface area contributed by atoms with Crippen LogP contribution in [0.2, 0.25) is 0 Å². The number of aromatic nitrogens is 2. The van der Waals surface area contributed by atoms with Crippen molar-refractivity contribution in [2.24, 2.45) is 11.8 Å². The highest BCUT2D eigenvalue weighted by Crippen LogP contribution is 2.31. The summed E-state index contributed by atoms with van der Waals surface area (Å²) in [5.74, 6) is 2.66. The molecule has 1 aliphatic heterocycles. The highest BCUT2D eigenvalue weighted by Gasteiger charge is 2.23. The maximum atomic E-state index is 12.3. The van der Waals surface area contributed by atoms with Gasteiger partial charge in [0.2, 0.25) is 11.9 Å². The molecule has 1 amide bonds. The number of aryl methyl sites for hydroxylation is 1. The molecule has 1 fully saturated rings. The van der Waals surface area contributed by atoms with E-state index in [1.54, 1.807) is 0 Å². The van der Waals surface area contributed by atoms with Crippen molar-refractivity contribution in [3.05, 3.63) is 53.9 Å². The van der Waals surface area contributed by atoms with Crippen LogP contribution >= 0.6 is 0 Å². The quantitative estimate of drug-likeness (QED) is 0.463. The Hall–Kier alpha value is -2.89. The molecule has 0 saturated carbocycles. The lowest BCUT2D eigenvalue weighted by Crippen LogP contribution is -2.36. The van der Waals surface area contributed by atoms with Crippen molar-refractivity contribution in [1.29, 1.82) is 0 Å². The molecule has 0 bridgehead atoms. The Morgan fingerprint density at radius 1 is 1.09 bits per heavy atom. The van der Waals surface area contributed by atoms with Crippen LogP contribution in [-0.2, 0) is 11.2 Å². The van der Waals surface area contributed by atoms with E-state index in [2.05, 4.69) is 64.4 Å². The molecule has 2 aliphatic rings. The average Bonchev–Trinajstić information content (AvgIpc) is 2.93. The Kier molecular flexibility index (Phi) is 9.15. The molecular weight excluding hydrogens is 436 g/mol.